The van der Waals surface area contributed by atoms with Crippen molar-refractivity contribution in [2.24, 2.45) is 0 Å². The summed E-state index contributed by atoms with van der Waals surface area (Å²) < 4.78 is 56.0. The molecule has 0 aliphatic carbocycles. The molecule has 0 rings (SSSR count). The van der Waals surface area contributed by atoms with Crippen LogP contribution in [0.2, 0.25) is 0 Å². The van der Waals surface area contributed by atoms with E-state index in [-0.39, 0.29) is 22.9 Å². The molecule has 3 radical (unpaired) electrons. The van der Waals surface area contributed by atoms with Gasteiger partial charge in [-0.1, -0.05) is 0 Å². The van der Waals surface area contributed by atoms with E-state index >= 15 is 0 Å². The minimum absolute atomic E-state index is 0.153. The van der Waals surface area contributed by atoms with E-state index in [9.17, 15) is 21.6 Å². The van der Waals surface area contributed by atoms with Crippen LogP contribution in [0.4, 0.5) is 13.2 Å². The summed E-state index contributed by atoms with van der Waals surface area (Å²) in [6.07, 6.45) is 0. The summed E-state index contributed by atoms with van der Waals surface area (Å²) in [6, 6.07) is 0. The van der Waals surface area contributed by atoms with Crippen LogP contribution in [0.15, 0.2) is 0 Å². The van der Waals surface area contributed by atoms with Crippen LogP contribution >= 0.6 is 0 Å². The Morgan fingerprint density at radius 2 is 1.67 bits per heavy atom. The molecule has 0 heterocycles. The zero-order chi connectivity index (χ0) is 7.71. The molecule has 0 N–H and O–H groups in total. The normalized spacial score (nSPS) is 13.8. The number of halogens is 3. The fourth-order valence-electron chi connectivity index (χ4n) is 0.0472. The van der Waals surface area contributed by atoms with E-state index < -0.39 is 15.6 Å². The molecule has 0 saturated heterocycles. The van der Waals surface area contributed by atoms with Crippen LogP contribution in [0.3, 0.4) is 0 Å². The Balaban J connectivity index is 4.57. The fourth-order valence-corrected chi connectivity index (χ4v) is 0.951. The van der Waals surface area contributed by atoms with Crippen LogP contribution in [0.5, 0.6) is 0 Å². The van der Waals surface area contributed by atoms with Gasteiger partial charge in [0, 0.05) is 0 Å². The molecule has 3 nitrogen and oxygen atoms in total. The van der Waals surface area contributed by atoms with E-state index in [0.29, 0.717) is 0 Å². The first kappa shape index (κ1) is 9.50. The third-order valence-electron chi connectivity index (χ3n) is 0.393. The van der Waals surface area contributed by atoms with Gasteiger partial charge >= 0.3 is 62.7 Å². The standard InChI is InChI=1S/CHF3O3S.Sn/c2-1(3,4)8(5,6)7;/h(H,5,6,7);/q;+1/p-1. The van der Waals surface area contributed by atoms with Gasteiger partial charge in [-0.3, -0.25) is 0 Å². The molecule has 0 bridgehead atoms. The maximum atomic E-state index is 11.1. The number of hydrogen-bond acceptors (Lipinski definition) is 3. The molecule has 0 unspecified atom stereocenters. The summed E-state index contributed by atoms with van der Waals surface area (Å²) in [7, 11) is -5.30. The molecule has 0 amide bonds. The molecule has 8 heteroatoms. The average molecular weight is 268 g/mol. The zero-order valence-electron chi connectivity index (χ0n) is 3.77. The molecule has 0 fully saturated rings. The van der Waals surface area contributed by atoms with Gasteiger partial charge in [0.15, 0.2) is 0 Å². The summed E-state index contributed by atoms with van der Waals surface area (Å²) in [5.74, 6) is 0. The Morgan fingerprint density at radius 3 is 1.67 bits per heavy atom. The van der Waals surface area contributed by atoms with Gasteiger partial charge in [-0.25, -0.2) is 0 Å². The number of hydrogen-bond donors (Lipinski definition) is 0. The molecule has 0 aromatic carbocycles. The van der Waals surface area contributed by atoms with Gasteiger partial charge in [0.25, 0.3) is 0 Å². The van der Waals surface area contributed by atoms with Gasteiger partial charge in [-0.2, -0.15) is 0 Å². The summed E-state index contributed by atoms with van der Waals surface area (Å²) in [5.41, 5.74) is -5.28. The minimum atomic E-state index is -5.30. The zero-order valence-corrected chi connectivity index (χ0v) is 7.44. The Morgan fingerprint density at radius 1 is 1.33 bits per heavy atom. The van der Waals surface area contributed by atoms with Crippen molar-refractivity contribution in [2.45, 2.75) is 5.51 Å². The Kier molecular flexibility index (Phi) is 2.77. The first-order valence-electron chi connectivity index (χ1n) is 1.48. The summed E-state index contributed by atoms with van der Waals surface area (Å²) in [6.45, 7) is 0. The van der Waals surface area contributed by atoms with E-state index in [1.165, 1.54) is 0 Å². The van der Waals surface area contributed by atoms with Crippen molar-refractivity contribution in [3.8, 4) is 0 Å². The quantitative estimate of drug-likeness (QED) is 0.494. The van der Waals surface area contributed by atoms with Gasteiger partial charge in [0.1, 0.15) is 0 Å². The third-order valence-corrected chi connectivity index (χ3v) is 3.06. The van der Waals surface area contributed by atoms with Gasteiger partial charge < -0.3 is 0 Å². The van der Waals surface area contributed by atoms with E-state index in [1.54, 1.807) is 0 Å². The van der Waals surface area contributed by atoms with Crippen LogP contribution in [-0.2, 0) is 12.6 Å². The monoisotopic (exact) mass is 269 g/mol. The number of rotatable bonds is 1. The van der Waals surface area contributed by atoms with E-state index in [1.807, 2.05) is 0 Å². The van der Waals surface area contributed by atoms with Gasteiger partial charge in [0.05, 0.1) is 0 Å². The second-order valence-corrected chi connectivity index (χ2v) is 3.95. The van der Waals surface area contributed by atoms with Crippen molar-refractivity contribution >= 4 is 33.1 Å². The molecular weight excluding hydrogens is 268 g/mol. The average Bonchev–Trinajstić information content (AvgIpc) is 1.64. The predicted molar refractivity (Wildman–Crippen MR) is 21.8 cm³/mol. The van der Waals surface area contributed by atoms with Gasteiger partial charge in [-0.05, 0) is 0 Å². The SMILES string of the molecule is O=S(=O)([O][Sn])C(F)(F)F. The molecule has 0 saturated carbocycles. The third kappa shape index (κ3) is 2.30. The van der Waals surface area contributed by atoms with Gasteiger partial charge in [0.2, 0.25) is 0 Å². The fraction of sp³-hybridized carbons (Fsp3) is 1.00. The van der Waals surface area contributed by atoms with Crippen molar-refractivity contribution in [1.29, 1.82) is 0 Å². The summed E-state index contributed by atoms with van der Waals surface area (Å²) in [4.78, 5) is 0. The molecule has 0 aliphatic rings. The van der Waals surface area contributed by atoms with Gasteiger partial charge in [-0.15, -0.1) is 0 Å². The topological polar surface area (TPSA) is 43.4 Å². The molecule has 0 aromatic rings. The predicted octanol–water partition coefficient (Wildman–Crippen LogP) is -0.0639. The Bertz CT molecular complexity index is 180. The van der Waals surface area contributed by atoms with Crippen LogP contribution in [0.1, 0.15) is 0 Å². The number of alkyl halides is 3. The van der Waals surface area contributed by atoms with E-state index in [4.69, 9.17) is 0 Å². The van der Waals surface area contributed by atoms with Crippen molar-refractivity contribution < 1.29 is 24.1 Å². The molecule has 53 valence electrons. The first-order chi connectivity index (χ1) is 3.81. The van der Waals surface area contributed by atoms with Crippen LogP contribution in [0.25, 0.3) is 0 Å². The van der Waals surface area contributed by atoms with Crippen molar-refractivity contribution in [2.75, 3.05) is 0 Å². The Hall–Kier alpha value is 0.499. The molecule has 9 heavy (non-hydrogen) atoms. The molecular formula is CF3O3SSn. The van der Waals surface area contributed by atoms with Crippen molar-refractivity contribution in [1.82, 2.24) is 0 Å². The maximum absolute atomic E-state index is 11.1. The summed E-state index contributed by atoms with van der Waals surface area (Å²) >= 11 is -0.153. The van der Waals surface area contributed by atoms with Crippen molar-refractivity contribution in [3.63, 3.8) is 0 Å². The molecule has 0 aliphatic heterocycles. The van der Waals surface area contributed by atoms with E-state index in [0.717, 1.165) is 0 Å². The molecule has 0 spiro atoms. The second-order valence-electron chi connectivity index (χ2n) is 0.983. The van der Waals surface area contributed by atoms with Crippen LogP contribution < -0.4 is 0 Å². The first-order valence-corrected chi connectivity index (χ1v) is 4.05. The molecule has 0 aromatic heterocycles. The summed E-state index contributed by atoms with van der Waals surface area (Å²) in [5, 5.41) is 0. The van der Waals surface area contributed by atoms with E-state index in [2.05, 4.69) is 2.52 Å². The second kappa shape index (κ2) is 2.62. The Labute approximate surface area is 62.9 Å². The van der Waals surface area contributed by atoms with Crippen molar-refractivity contribution in [3.05, 3.63) is 0 Å². The van der Waals surface area contributed by atoms with Crippen LogP contribution in [-0.4, -0.2) is 36.9 Å². The molecule has 0 atom stereocenters. The van der Waals surface area contributed by atoms with Crippen LogP contribution in [0, 0.1) is 0 Å².